The smallest absolute Gasteiger partial charge is 0.227 e. The first-order valence-electron chi connectivity index (χ1n) is 9.43. The molecule has 0 saturated carbocycles. The zero-order chi connectivity index (χ0) is 17.9. The van der Waals surface area contributed by atoms with Gasteiger partial charge in [-0.15, -0.1) is 0 Å². The summed E-state index contributed by atoms with van der Waals surface area (Å²) in [6.07, 6.45) is 3.02. The minimum absolute atomic E-state index is 0.188. The Kier molecular flexibility index (Phi) is 4.74. The Labute approximate surface area is 154 Å². The van der Waals surface area contributed by atoms with Gasteiger partial charge in [0.05, 0.1) is 6.42 Å². The second-order valence-electron chi connectivity index (χ2n) is 7.23. The molecule has 2 amide bonds. The molecular formula is C22H24N2O2. The summed E-state index contributed by atoms with van der Waals surface area (Å²) >= 11 is 0. The van der Waals surface area contributed by atoms with Crippen molar-refractivity contribution >= 4 is 17.5 Å². The number of amides is 2. The number of carbonyl (C=O) groups is 2. The molecule has 2 heterocycles. The minimum Gasteiger partial charge on any atom is -0.342 e. The van der Waals surface area contributed by atoms with Crippen LogP contribution in [0.4, 0.5) is 5.69 Å². The van der Waals surface area contributed by atoms with Crippen LogP contribution in [0.3, 0.4) is 0 Å². The van der Waals surface area contributed by atoms with Gasteiger partial charge >= 0.3 is 0 Å². The molecule has 0 aliphatic carbocycles. The first kappa shape index (κ1) is 16.8. The van der Waals surface area contributed by atoms with E-state index in [9.17, 15) is 9.59 Å². The summed E-state index contributed by atoms with van der Waals surface area (Å²) < 4.78 is 0. The largest absolute Gasteiger partial charge is 0.342 e. The van der Waals surface area contributed by atoms with E-state index in [1.165, 1.54) is 5.56 Å². The number of hydrogen-bond acceptors (Lipinski definition) is 2. The summed E-state index contributed by atoms with van der Waals surface area (Å²) in [4.78, 5) is 28.3. The monoisotopic (exact) mass is 348 g/mol. The van der Waals surface area contributed by atoms with Crippen molar-refractivity contribution in [3.05, 3.63) is 65.7 Å². The van der Waals surface area contributed by atoms with Crippen LogP contribution in [0, 0.1) is 0 Å². The Bertz CT molecular complexity index is 786. The maximum absolute atomic E-state index is 12.6. The Morgan fingerprint density at radius 2 is 1.77 bits per heavy atom. The van der Waals surface area contributed by atoms with Crippen molar-refractivity contribution in [3.8, 4) is 0 Å². The van der Waals surface area contributed by atoms with Crippen LogP contribution in [-0.4, -0.2) is 36.3 Å². The number of nitrogens with zero attached hydrogens (tertiary/aromatic N) is 2. The van der Waals surface area contributed by atoms with Crippen molar-refractivity contribution in [1.82, 2.24) is 4.90 Å². The molecule has 1 atom stereocenters. The molecule has 0 bridgehead atoms. The fraction of sp³-hybridized carbons (Fsp3) is 0.364. The molecule has 134 valence electrons. The van der Waals surface area contributed by atoms with Gasteiger partial charge in [0.25, 0.3) is 0 Å². The third kappa shape index (κ3) is 3.50. The molecule has 2 fully saturated rings. The van der Waals surface area contributed by atoms with E-state index in [-0.39, 0.29) is 11.8 Å². The quantitative estimate of drug-likeness (QED) is 0.850. The molecule has 0 aromatic heterocycles. The molecule has 2 aliphatic rings. The van der Waals surface area contributed by atoms with Crippen LogP contribution >= 0.6 is 0 Å². The number of benzene rings is 2. The second-order valence-corrected chi connectivity index (χ2v) is 7.23. The highest BCUT2D eigenvalue weighted by Gasteiger charge is 2.27. The van der Waals surface area contributed by atoms with Crippen LogP contribution in [0.5, 0.6) is 0 Å². The van der Waals surface area contributed by atoms with E-state index in [4.69, 9.17) is 0 Å². The number of rotatable bonds is 4. The number of carbonyl (C=O) groups excluding carboxylic acids is 2. The highest BCUT2D eigenvalue weighted by atomic mass is 16.2. The maximum atomic E-state index is 12.6. The Balaban J connectivity index is 1.35. The first-order chi connectivity index (χ1) is 12.7. The molecule has 26 heavy (non-hydrogen) atoms. The SMILES string of the molecule is O=C(Cc1ccc(N2CCCC2=O)cc1)N1CCC(c2ccccc2)C1. The highest BCUT2D eigenvalue weighted by Crippen LogP contribution is 2.27. The molecule has 2 aromatic rings. The van der Waals surface area contributed by atoms with Crippen molar-refractivity contribution < 1.29 is 9.59 Å². The minimum atomic E-state index is 0.188. The average Bonchev–Trinajstić information content (AvgIpc) is 3.32. The topological polar surface area (TPSA) is 40.6 Å². The van der Waals surface area contributed by atoms with Crippen LogP contribution in [0.15, 0.2) is 54.6 Å². The third-order valence-corrected chi connectivity index (χ3v) is 5.49. The van der Waals surface area contributed by atoms with E-state index in [0.717, 1.165) is 43.7 Å². The zero-order valence-electron chi connectivity index (χ0n) is 14.9. The summed E-state index contributed by atoms with van der Waals surface area (Å²) in [7, 11) is 0. The van der Waals surface area contributed by atoms with E-state index in [2.05, 4.69) is 24.3 Å². The summed E-state index contributed by atoms with van der Waals surface area (Å²) in [5.74, 6) is 0.829. The van der Waals surface area contributed by atoms with Gasteiger partial charge in [-0.2, -0.15) is 0 Å². The van der Waals surface area contributed by atoms with Crippen molar-refractivity contribution in [1.29, 1.82) is 0 Å². The molecule has 1 unspecified atom stereocenters. The van der Waals surface area contributed by atoms with E-state index in [1.807, 2.05) is 40.1 Å². The Morgan fingerprint density at radius 1 is 1.00 bits per heavy atom. The second kappa shape index (κ2) is 7.32. The van der Waals surface area contributed by atoms with E-state index in [1.54, 1.807) is 0 Å². The van der Waals surface area contributed by atoms with Crippen LogP contribution in [0.1, 0.15) is 36.3 Å². The number of likely N-dealkylation sites (tertiary alicyclic amines) is 1. The van der Waals surface area contributed by atoms with Crippen molar-refractivity contribution in [2.75, 3.05) is 24.5 Å². The Hall–Kier alpha value is -2.62. The third-order valence-electron chi connectivity index (χ3n) is 5.49. The highest BCUT2D eigenvalue weighted by molar-refractivity contribution is 5.95. The van der Waals surface area contributed by atoms with Crippen molar-refractivity contribution in [2.45, 2.75) is 31.6 Å². The molecule has 2 saturated heterocycles. The molecule has 0 N–H and O–H groups in total. The summed E-state index contributed by atoms with van der Waals surface area (Å²) in [5, 5.41) is 0. The zero-order valence-corrected chi connectivity index (χ0v) is 14.9. The summed E-state index contributed by atoms with van der Waals surface area (Å²) in [5.41, 5.74) is 3.27. The first-order valence-corrected chi connectivity index (χ1v) is 9.43. The molecule has 4 heteroatoms. The van der Waals surface area contributed by atoms with Gasteiger partial charge in [0.1, 0.15) is 0 Å². The van der Waals surface area contributed by atoms with Crippen molar-refractivity contribution in [3.63, 3.8) is 0 Å². The van der Waals surface area contributed by atoms with Gasteiger partial charge in [0.15, 0.2) is 0 Å². The molecule has 4 nitrogen and oxygen atoms in total. The molecule has 2 aromatic carbocycles. The number of hydrogen-bond donors (Lipinski definition) is 0. The Morgan fingerprint density at radius 3 is 2.46 bits per heavy atom. The van der Waals surface area contributed by atoms with Crippen LogP contribution < -0.4 is 4.90 Å². The summed E-state index contributed by atoms with van der Waals surface area (Å²) in [6, 6.07) is 18.3. The lowest BCUT2D eigenvalue weighted by molar-refractivity contribution is -0.129. The van der Waals surface area contributed by atoms with E-state index < -0.39 is 0 Å². The molecule has 4 rings (SSSR count). The van der Waals surface area contributed by atoms with Crippen LogP contribution in [-0.2, 0) is 16.0 Å². The molecular weight excluding hydrogens is 324 g/mol. The van der Waals surface area contributed by atoms with Crippen LogP contribution in [0.25, 0.3) is 0 Å². The normalized spacial score (nSPS) is 20.0. The standard InChI is InChI=1S/C22H24N2O2/c25-21-7-4-13-24(21)20-10-8-17(9-11-20)15-22(26)23-14-12-19(16-23)18-5-2-1-3-6-18/h1-3,5-6,8-11,19H,4,7,12-16H2. The predicted octanol–water partition coefficient (Wildman–Crippen LogP) is 3.37. The number of anilines is 1. The van der Waals surface area contributed by atoms with Gasteiger partial charge in [-0.05, 0) is 36.1 Å². The van der Waals surface area contributed by atoms with Gasteiger partial charge in [-0.25, -0.2) is 0 Å². The predicted molar refractivity (Wildman–Crippen MR) is 102 cm³/mol. The lowest BCUT2D eigenvalue weighted by Gasteiger charge is -2.18. The molecule has 2 aliphatic heterocycles. The van der Waals surface area contributed by atoms with E-state index in [0.29, 0.717) is 18.8 Å². The van der Waals surface area contributed by atoms with Gasteiger partial charge in [0, 0.05) is 37.7 Å². The lowest BCUT2D eigenvalue weighted by Crippen LogP contribution is -2.30. The van der Waals surface area contributed by atoms with Crippen LogP contribution in [0.2, 0.25) is 0 Å². The fourth-order valence-corrected chi connectivity index (χ4v) is 3.99. The molecule has 0 spiro atoms. The molecule has 0 radical (unpaired) electrons. The van der Waals surface area contributed by atoms with Gasteiger partial charge in [-0.1, -0.05) is 42.5 Å². The van der Waals surface area contributed by atoms with Gasteiger partial charge in [-0.3, -0.25) is 9.59 Å². The fourth-order valence-electron chi connectivity index (χ4n) is 3.99. The van der Waals surface area contributed by atoms with Gasteiger partial charge < -0.3 is 9.80 Å². The van der Waals surface area contributed by atoms with Crippen molar-refractivity contribution in [2.24, 2.45) is 0 Å². The maximum Gasteiger partial charge on any atom is 0.227 e. The van der Waals surface area contributed by atoms with Gasteiger partial charge in [0.2, 0.25) is 11.8 Å². The summed E-state index contributed by atoms with van der Waals surface area (Å²) in [6.45, 7) is 2.44. The van der Waals surface area contributed by atoms with E-state index >= 15 is 0 Å². The lowest BCUT2D eigenvalue weighted by atomic mass is 9.99. The average molecular weight is 348 g/mol.